The van der Waals surface area contributed by atoms with Crippen molar-refractivity contribution < 1.29 is 13.6 Å². The molecule has 0 unspecified atom stereocenters. The molecule has 0 spiro atoms. The third-order valence-corrected chi connectivity index (χ3v) is 4.98. The number of oxime groups is 1. The van der Waals surface area contributed by atoms with Gasteiger partial charge in [-0.05, 0) is 23.6 Å². The molecule has 0 saturated carbocycles. The zero-order valence-electron chi connectivity index (χ0n) is 8.65. The van der Waals surface area contributed by atoms with E-state index in [0.717, 1.165) is 6.21 Å². The Hall–Kier alpha value is -1.66. The standard InChI is InChI=1S/C11H9NO3S2/c13-12-8-10-11(6-7-16-10)17(14,15)9-4-2-1-3-5-9/h1-8,13H. The molecular weight excluding hydrogens is 258 g/mol. The van der Waals surface area contributed by atoms with E-state index in [4.69, 9.17) is 5.21 Å². The van der Waals surface area contributed by atoms with Crippen LogP contribution in [0, 0.1) is 0 Å². The maximum absolute atomic E-state index is 12.3. The average Bonchev–Trinajstić information content (AvgIpc) is 2.80. The fourth-order valence-electron chi connectivity index (χ4n) is 1.40. The highest BCUT2D eigenvalue weighted by atomic mass is 32.2. The monoisotopic (exact) mass is 267 g/mol. The summed E-state index contributed by atoms with van der Waals surface area (Å²) in [6.45, 7) is 0. The van der Waals surface area contributed by atoms with Crippen LogP contribution in [-0.2, 0) is 9.84 Å². The van der Waals surface area contributed by atoms with E-state index in [-0.39, 0.29) is 9.79 Å². The molecule has 0 bridgehead atoms. The number of rotatable bonds is 3. The number of benzene rings is 1. The molecule has 0 amide bonds. The summed E-state index contributed by atoms with van der Waals surface area (Å²) in [6, 6.07) is 9.66. The van der Waals surface area contributed by atoms with Gasteiger partial charge in [0.1, 0.15) is 0 Å². The fourth-order valence-corrected chi connectivity index (χ4v) is 3.94. The molecule has 88 valence electrons. The van der Waals surface area contributed by atoms with Gasteiger partial charge in [-0.2, -0.15) is 0 Å². The fraction of sp³-hybridized carbons (Fsp3) is 0. The van der Waals surface area contributed by atoms with E-state index < -0.39 is 9.84 Å². The second kappa shape index (κ2) is 4.68. The predicted octanol–water partition coefficient (Wildman–Crippen LogP) is 2.39. The zero-order valence-corrected chi connectivity index (χ0v) is 10.3. The van der Waals surface area contributed by atoms with Gasteiger partial charge in [-0.25, -0.2) is 8.42 Å². The van der Waals surface area contributed by atoms with Gasteiger partial charge < -0.3 is 5.21 Å². The first-order chi connectivity index (χ1) is 8.16. The van der Waals surface area contributed by atoms with Gasteiger partial charge in [0.15, 0.2) is 0 Å². The maximum atomic E-state index is 12.3. The molecule has 1 heterocycles. The first kappa shape index (κ1) is 11.8. The topological polar surface area (TPSA) is 66.7 Å². The molecule has 1 N–H and O–H groups in total. The lowest BCUT2D eigenvalue weighted by Crippen LogP contribution is -2.02. The summed E-state index contributed by atoms with van der Waals surface area (Å²) in [4.78, 5) is 0.800. The molecule has 0 fully saturated rings. The second-order valence-corrected chi connectivity index (χ2v) is 6.08. The van der Waals surface area contributed by atoms with E-state index in [0.29, 0.717) is 4.88 Å². The third-order valence-electron chi connectivity index (χ3n) is 2.18. The van der Waals surface area contributed by atoms with Crippen molar-refractivity contribution in [2.45, 2.75) is 9.79 Å². The van der Waals surface area contributed by atoms with E-state index in [1.54, 1.807) is 23.6 Å². The highest BCUT2D eigenvalue weighted by Crippen LogP contribution is 2.26. The first-order valence-corrected chi connectivity index (χ1v) is 7.07. The van der Waals surface area contributed by atoms with Crippen LogP contribution in [0.2, 0.25) is 0 Å². The van der Waals surface area contributed by atoms with Crippen molar-refractivity contribution in [3.63, 3.8) is 0 Å². The van der Waals surface area contributed by atoms with Crippen LogP contribution in [0.1, 0.15) is 4.88 Å². The normalized spacial score (nSPS) is 12.0. The SMILES string of the molecule is O=S(=O)(c1ccccc1)c1ccsc1C=NO. The minimum Gasteiger partial charge on any atom is -0.411 e. The van der Waals surface area contributed by atoms with Crippen LogP contribution in [0.5, 0.6) is 0 Å². The molecule has 1 aromatic heterocycles. The van der Waals surface area contributed by atoms with Gasteiger partial charge in [-0.15, -0.1) is 11.3 Å². The van der Waals surface area contributed by atoms with Gasteiger partial charge in [0.2, 0.25) is 9.84 Å². The predicted molar refractivity (Wildman–Crippen MR) is 65.6 cm³/mol. The van der Waals surface area contributed by atoms with Crippen molar-refractivity contribution in [3.8, 4) is 0 Å². The van der Waals surface area contributed by atoms with Crippen molar-refractivity contribution >= 4 is 27.4 Å². The molecule has 0 radical (unpaired) electrons. The van der Waals surface area contributed by atoms with Crippen molar-refractivity contribution in [3.05, 3.63) is 46.7 Å². The van der Waals surface area contributed by atoms with E-state index in [1.807, 2.05) is 0 Å². The van der Waals surface area contributed by atoms with Crippen LogP contribution in [0.3, 0.4) is 0 Å². The molecule has 0 aliphatic rings. The smallest absolute Gasteiger partial charge is 0.208 e. The Kier molecular flexibility index (Phi) is 3.26. The maximum Gasteiger partial charge on any atom is 0.208 e. The molecule has 4 nitrogen and oxygen atoms in total. The Morgan fingerprint density at radius 2 is 1.88 bits per heavy atom. The quantitative estimate of drug-likeness (QED) is 0.527. The molecule has 0 aliphatic carbocycles. The minimum atomic E-state index is -3.54. The number of nitrogens with zero attached hydrogens (tertiary/aromatic N) is 1. The first-order valence-electron chi connectivity index (χ1n) is 4.71. The van der Waals surface area contributed by atoms with Gasteiger partial charge in [0.25, 0.3) is 0 Å². The summed E-state index contributed by atoms with van der Waals surface area (Å²) in [5.41, 5.74) is 0. The Morgan fingerprint density at radius 3 is 2.53 bits per heavy atom. The molecule has 0 aliphatic heterocycles. The van der Waals surface area contributed by atoms with Crippen LogP contribution in [-0.4, -0.2) is 19.8 Å². The van der Waals surface area contributed by atoms with Crippen LogP contribution in [0.25, 0.3) is 0 Å². The van der Waals surface area contributed by atoms with Gasteiger partial charge in [0.05, 0.1) is 20.9 Å². The summed E-state index contributed by atoms with van der Waals surface area (Å²) in [6.07, 6.45) is 1.13. The van der Waals surface area contributed by atoms with Crippen molar-refractivity contribution in [2.24, 2.45) is 5.16 Å². The number of hydrogen-bond acceptors (Lipinski definition) is 5. The molecule has 0 atom stereocenters. The Labute approximate surface area is 103 Å². The van der Waals surface area contributed by atoms with E-state index in [1.165, 1.54) is 29.5 Å². The summed E-state index contributed by atoms with van der Waals surface area (Å²) < 4.78 is 24.5. The lowest BCUT2D eigenvalue weighted by Gasteiger charge is -2.02. The lowest BCUT2D eigenvalue weighted by molar-refractivity contribution is 0.322. The number of thiophene rings is 1. The Bertz CT molecular complexity index is 630. The van der Waals surface area contributed by atoms with E-state index >= 15 is 0 Å². The van der Waals surface area contributed by atoms with Crippen molar-refractivity contribution in [1.82, 2.24) is 0 Å². The average molecular weight is 267 g/mol. The third kappa shape index (κ3) is 2.22. The van der Waals surface area contributed by atoms with Crippen LogP contribution < -0.4 is 0 Å². The Morgan fingerprint density at radius 1 is 1.18 bits per heavy atom. The summed E-state index contributed by atoms with van der Waals surface area (Å²) in [5, 5.41) is 13.0. The zero-order chi connectivity index (χ0) is 12.3. The highest BCUT2D eigenvalue weighted by Gasteiger charge is 2.21. The van der Waals surface area contributed by atoms with Crippen LogP contribution in [0.4, 0.5) is 0 Å². The number of sulfone groups is 1. The van der Waals surface area contributed by atoms with Gasteiger partial charge in [-0.1, -0.05) is 23.4 Å². The number of hydrogen-bond donors (Lipinski definition) is 1. The van der Waals surface area contributed by atoms with Crippen LogP contribution >= 0.6 is 11.3 Å². The minimum absolute atomic E-state index is 0.159. The summed E-state index contributed by atoms with van der Waals surface area (Å²) in [5.74, 6) is 0. The highest BCUT2D eigenvalue weighted by molar-refractivity contribution is 7.91. The van der Waals surface area contributed by atoms with E-state index in [2.05, 4.69) is 5.16 Å². The second-order valence-electron chi connectivity index (χ2n) is 3.21. The van der Waals surface area contributed by atoms with Crippen molar-refractivity contribution in [2.75, 3.05) is 0 Å². The molecule has 6 heteroatoms. The Balaban J connectivity index is 2.57. The summed E-state index contributed by atoms with van der Waals surface area (Å²) >= 11 is 1.21. The largest absolute Gasteiger partial charge is 0.411 e. The van der Waals surface area contributed by atoms with Gasteiger partial charge >= 0.3 is 0 Å². The van der Waals surface area contributed by atoms with E-state index in [9.17, 15) is 8.42 Å². The molecule has 2 rings (SSSR count). The van der Waals surface area contributed by atoms with Crippen LogP contribution in [0.15, 0.2) is 56.7 Å². The molecule has 2 aromatic rings. The molecule has 17 heavy (non-hydrogen) atoms. The van der Waals surface area contributed by atoms with Gasteiger partial charge in [-0.3, -0.25) is 0 Å². The molecular formula is C11H9NO3S2. The molecule has 0 saturated heterocycles. The molecule has 1 aromatic carbocycles. The summed E-state index contributed by atoms with van der Waals surface area (Å²) in [7, 11) is -3.54. The van der Waals surface area contributed by atoms with Gasteiger partial charge in [0, 0.05) is 0 Å². The van der Waals surface area contributed by atoms with Crippen molar-refractivity contribution in [1.29, 1.82) is 0 Å². The lowest BCUT2D eigenvalue weighted by atomic mass is 10.4.